The van der Waals surface area contributed by atoms with Gasteiger partial charge in [0.1, 0.15) is 18.7 Å². The van der Waals surface area contributed by atoms with E-state index in [1.807, 2.05) is 0 Å². The van der Waals surface area contributed by atoms with Gasteiger partial charge in [0, 0.05) is 50.9 Å². The Kier molecular flexibility index (Phi) is 16.4. The van der Waals surface area contributed by atoms with Crippen LogP contribution in [-0.2, 0) is 41.7 Å². The van der Waals surface area contributed by atoms with E-state index >= 15 is 0 Å². The van der Waals surface area contributed by atoms with Gasteiger partial charge in [0.05, 0.1) is 5.69 Å². The topological polar surface area (TPSA) is 221 Å². The van der Waals surface area contributed by atoms with Gasteiger partial charge in [-0.05, 0) is 74.0 Å². The van der Waals surface area contributed by atoms with Crippen LogP contribution in [0.3, 0.4) is 0 Å². The second kappa shape index (κ2) is 20.9. The van der Waals surface area contributed by atoms with E-state index in [0.717, 1.165) is 10.5 Å². The van der Waals surface area contributed by atoms with Crippen molar-refractivity contribution in [3.63, 3.8) is 0 Å². The van der Waals surface area contributed by atoms with Crippen molar-refractivity contribution >= 4 is 53.0 Å². The zero-order valence-corrected chi connectivity index (χ0v) is 30.6. The van der Waals surface area contributed by atoms with E-state index in [4.69, 9.17) is 10.5 Å². The van der Waals surface area contributed by atoms with Crippen molar-refractivity contribution < 1.29 is 38.3 Å². The second-order valence-electron chi connectivity index (χ2n) is 12.9. The third-order valence-corrected chi connectivity index (χ3v) is 8.33. The SMILES string of the molecule is CNCCN(C)C(=O)OCc1ccc(NC(=O)[C@H](CCCNC(N)=O)NC(=O)[C@@H](NC(=O)CCCc2ccc(N3C(=O)C=CC3=O)cc2)C(C)C)cc1. The highest BCUT2D eigenvalue weighted by molar-refractivity contribution is 6.28. The fraction of sp³-hybridized carbons (Fsp3) is 0.432. The van der Waals surface area contributed by atoms with Crippen LogP contribution in [0.25, 0.3) is 0 Å². The van der Waals surface area contributed by atoms with Crippen LogP contribution in [0.4, 0.5) is 21.0 Å². The fourth-order valence-corrected chi connectivity index (χ4v) is 5.29. The minimum absolute atomic E-state index is 0.0429. The number of hydrogen-bond donors (Lipinski definition) is 6. The second-order valence-corrected chi connectivity index (χ2v) is 12.9. The number of hydrogen-bond acceptors (Lipinski definition) is 9. The third kappa shape index (κ3) is 13.7. The Bertz CT molecular complexity index is 1610. The fourth-order valence-electron chi connectivity index (χ4n) is 5.29. The summed E-state index contributed by atoms with van der Waals surface area (Å²) in [4.78, 5) is 89.5. The number of amides is 8. The van der Waals surface area contributed by atoms with Crippen molar-refractivity contribution in [2.75, 3.05) is 43.9 Å². The van der Waals surface area contributed by atoms with E-state index < -0.39 is 47.8 Å². The summed E-state index contributed by atoms with van der Waals surface area (Å²) in [6, 6.07) is 11.0. The van der Waals surface area contributed by atoms with E-state index in [9.17, 15) is 33.6 Å². The van der Waals surface area contributed by atoms with Crippen molar-refractivity contribution in [1.29, 1.82) is 0 Å². The first-order valence-corrected chi connectivity index (χ1v) is 17.5. The van der Waals surface area contributed by atoms with Crippen molar-refractivity contribution in [3.8, 4) is 0 Å². The Hall–Kier alpha value is -5.77. The number of anilines is 2. The van der Waals surface area contributed by atoms with E-state index in [0.29, 0.717) is 49.3 Å². The first-order valence-electron chi connectivity index (χ1n) is 17.5. The molecule has 0 aliphatic carbocycles. The highest BCUT2D eigenvalue weighted by Crippen LogP contribution is 2.20. The van der Waals surface area contributed by atoms with Gasteiger partial charge in [-0.15, -0.1) is 0 Å². The minimum atomic E-state index is -1.01. The molecule has 0 bridgehead atoms. The quantitative estimate of drug-likeness (QED) is 0.0863. The number of likely N-dealkylation sites (N-methyl/N-ethyl adjacent to an activating group) is 2. The molecule has 2 atom stereocenters. The number of carbonyl (C=O) groups excluding carboxylic acids is 7. The largest absolute Gasteiger partial charge is 0.445 e. The van der Waals surface area contributed by atoms with Gasteiger partial charge in [0.15, 0.2) is 0 Å². The van der Waals surface area contributed by atoms with Gasteiger partial charge in [-0.1, -0.05) is 38.1 Å². The van der Waals surface area contributed by atoms with Crippen LogP contribution in [0.1, 0.15) is 50.7 Å². The predicted octanol–water partition coefficient (Wildman–Crippen LogP) is 1.94. The molecule has 0 saturated heterocycles. The molecule has 53 heavy (non-hydrogen) atoms. The molecule has 3 rings (SSSR count). The molecule has 2 aromatic carbocycles. The number of rotatable bonds is 20. The average Bonchev–Trinajstić information content (AvgIpc) is 3.47. The monoisotopic (exact) mass is 734 g/mol. The minimum Gasteiger partial charge on any atom is -0.445 e. The van der Waals surface area contributed by atoms with Crippen LogP contribution in [0.15, 0.2) is 60.7 Å². The molecule has 0 radical (unpaired) electrons. The van der Waals surface area contributed by atoms with E-state index in [1.165, 1.54) is 17.1 Å². The molecule has 0 aromatic heterocycles. The number of imide groups is 1. The number of ether oxygens (including phenoxy) is 1. The summed E-state index contributed by atoms with van der Waals surface area (Å²) in [5, 5.41) is 13.8. The van der Waals surface area contributed by atoms with Crippen LogP contribution in [0.2, 0.25) is 0 Å². The molecule has 2 aromatic rings. The zero-order chi connectivity index (χ0) is 38.9. The number of nitrogens with two attached hydrogens (primary N) is 1. The van der Waals surface area contributed by atoms with Crippen molar-refractivity contribution in [2.24, 2.45) is 11.7 Å². The number of nitrogens with one attached hydrogen (secondary N) is 5. The van der Waals surface area contributed by atoms with Gasteiger partial charge in [0.2, 0.25) is 17.7 Å². The molecule has 0 spiro atoms. The summed E-state index contributed by atoms with van der Waals surface area (Å²) in [5.74, 6) is -2.48. The standard InChI is InChI=1S/C37H50N8O8/c1-24(2)33(43-30(46)9-5-7-25-12-16-28(17-13-25)45-31(47)18-19-32(45)48)35(50)42-29(8-6-20-40-36(38)51)34(49)41-27-14-10-26(11-15-27)23-53-37(52)44(4)22-21-39-3/h10-19,24,29,33,39H,5-9,20-23H2,1-4H3,(H,41,49)(H,42,50)(H,43,46)(H3,38,40,51)/t29-,33-/m0/s1. The maximum atomic E-state index is 13.5. The lowest BCUT2D eigenvalue weighted by atomic mass is 10.0. The summed E-state index contributed by atoms with van der Waals surface area (Å²) in [5.41, 5.74) is 7.69. The summed E-state index contributed by atoms with van der Waals surface area (Å²) in [6.07, 6.45) is 3.64. The molecule has 7 N–H and O–H groups in total. The van der Waals surface area contributed by atoms with Gasteiger partial charge in [-0.25, -0.2) is 14.5 Å². The first-order chi connectivity index (χ1) is 25.3. The van der Waals surface area contributed by atoms with Gasteiger partial charge in [0.25, 0.3) is 11.8 Å². The number of benzene rings is 2. The molecule has 1 aliphatic rings. The smallest absolute Gasteiger partial charge is 0.409 e. The average molecular weight is 735 g/mol. The number of aryl methyl sites for hydroxylation is 1. The highest BCUT2D eigenvalue weighted by atomic mass is 16.6. The lowest BCUT2D eigenvalue weighted by molar-refractivity contribution is -0.132. The summed E-state index contributed by atoms with van der Waals surface area (Å²) in [7, 11) is 3.43. The van der Waals surface area contributed by atoms with Crippen LogP contribution < -0.4 is 37.2 Å². The number of carbonyl (C=O) groups is 7. The Morgan fingerprint density at radius 1 is 0.849 bits per heavy atom. The van der Waals surface area contributed by atoms with Crippen molar-refractivity contribution in [2.45, 2.75) is 64.6 Å². The molecule has 16 nitrogen and oxygen atoms in total. The maximum Gasteiger partial charge on any atom is 0.409 e. The molecule has 16 heteroatoms. The molecular formula is C37H50N8O8. The molecule has 286 valence electrons. The lowest BCUT2D eigenvalue weighted by Gasteiger charge is -2.25. The Labute approximate surface area is 309 Å². The number of primary amides is 1. The predicted molar refractivity (Wildman–Crippen MR) is 198 cm³/mol. The van der Waals surface area contributed by atoms with E-state index in [-0.39, 0.29) is 37.8 Å². The maximum absolute atomic E-state index is 13.5. The number of urea groups is 1. The van der Waals surface area contributed by atoms with Crippen LogP contribution in [0.5, 0.6) is 0 Å². The zero-order valence-electron chi connectivity index (χ0n) is 30.6. The molecule has 1 aliphatic heterocycles. The van der Waals surface area contributed by atoms with Crippen LogP contribution >= 0.6 is 0 Å². The van der Waals surface area contributed by atoms with Gasteiger partial charge in [-0.3, -0.25) is 24.0 Å². The molecular weight excluding hydrogens is 684 g/mol. The van der Waals surface area contributed by atoms with Gasteiger partial charge in [-0.2, -0.15) is 0 Å². The van der Waals surface area contributed by atoms with E-state index in [1.54, 1.807) is 76.5 Å². The lowest BCUT2D eigenvalue weighted by Crippen LogP contribution is -2.54. The highest BCUT2D eigenvalue weighted by Gasteiger charge is 2.29. The molecule has 0 unspecified atom stereocenters. The summed E-state index contributed by atoms with van der Waals surface area (Å²) in [6.45, 7) is 4.91. The third-order valence-electron chi connectivity index (χ3n) is 8.33. The summed E-state index contributed by atoms with van der Waals surface area (Å²) >= 11 is 0. The van der Waals surface area contributed by atoms with Gasteiger partial charge >= 0.3 is 12.1 Å². The van der Waals surface area contributed by atoms with Crippen molar-refractivity contribution in [3.05, 3.63) is 71.8 Å². The molecule has 8 amide bonds. The number of nitrogens with zero attached hydrogens (tertiary/aromatic N) is 2. The first kappa shape index (κ1) is 41.6. The molecule has 0 fully saturated rings. The normalized spacial score (nSPS) is 13.3. The van der Waals surface area contributed by atoms with Crippen LogP contribution in [-0.4, -0.2) is 92.4 Å². The Morgan fingerprint density at radius 3 is 2.09 bits per heavy atom. The summed E-state index contributed by atoms with van der Waals surface area (Å²) < 4.78 is 5.33. The van der Waals surface area contributed by atoms with Crippen LogP contribution in [0, 0.1) is 5.92 Å². The molecule has 1 heterocycles. The Balaban J connectivity index is 1.55. The molecule has 0 saturated carbocycles. The van der Waals surface area contributed by atoms with E-state index in [2.05, 4.69) is 26.6 Å². The van der Waals surface area contributed by atoms with Crippen molar-refractivity contribution in [1.82, 2.24) is 26.2 Å². The van der Waals surface area contributed by atoms with Gasteiger partial charge < -0.3 is 42.0 Å². The Morgan fingerprint density at radius 2 is 1.49 bits per heavy atom.